The van der Waals surface area contributed by atoms with Crippen LogP contribution in [0.3, 0.4) is 0 Å². The van der Waals surface area contributed by atoms with Gasteiger partial charge >= 0.3 is 0 Å². The second-order valence-electron chi connectivity index (χ2n) is 6.55. The largest absolute Gasteiger partial charge is 0.489 e. The van der Waals surface area contributed by atoms with Gasteiger partial charge in [0, 0.05) is 18.5 Å². The smallest absolute Gasteiger partial charge is 0.275 e. The van der Waals surface area contributed by atoms with Gasteiger partial charge in [-0.1, -0.05) is 0 Å². The van der Waals surface area contributed by atoms with Gasteiger partial charge in [0.15, 0.2) is 0 Å². The van der Waals surface area contributed by atoms with Crippen LogP contribution in [0.4, 0.5) is 5.69 Å². The Bertz CT molecular complexity index is 950. The molecule has 1 N–H and O–H groups in total. The summed E-state index contributed by atoms with van der Waals surface area (Å²) in [6, 6.07) is 4.49. The van der Waals surface area contributed by atoms with Crippen molar-refractivity contribution in [1.29, 1.82) is 0 Å². The Hall–Kier alpha value is -2.01. The highest BCUT2D eigenvalue weighted by molar-refractivity contribution is 7.89. The predicted molar refractivity (Wildman–Crippen MR) is 107 cm³/mol. The lowest BCUT2D eigenvalue weighted by Crippen LogP contribution is -2.40. The van der Waals surface area contributed by atoms with E-state index in [9.17, 15) is 13.2 Å². The standard InChI is InChI=1S/C18H23N3O5S2/c1-12(2)26-17-5-4-14(28(23,24)21-6-8-25-9-7-21)10-15(17)20-18(22)16-11-27-13(3)19-16/h4-5,10-12H,6-9H2,1-3H3,(H,20,22). The number of rotatable bonds is 6. The maximum atomic E-state index is 12.9. The van der Waals surface area contributed by atoms with E-state index in [4.69, 9.17) is 9.47 Å². The number of carbonyl (C=O) groups is 1. The summed E-state index contributed by atoms with van der Waals surface area (Å²) in [6.45, 7) is 6.84. The fourth-order valence-corrected chi connectivity index (χ4v) is 4.74. The fourth-order valence-electron chi connectivity index (χ4n) is 2.71. The van der Waals surface area contributed by atoms with Gasteiger partial charge in [-0.2, -0.15) is 4.31 Å². The Kier molecular flexibility index (Phi) is 6.33. The van der Waals surface area contributed by atoms with Gasteiger partial charge in [0.25, 0.3) is 5.91 Å². The van der Waals surface area contributed by atoms with Gasteiger partial charge in [-0.3, -0.25) is 4.79 Å². The highest BCUT2D eigenvalue weighted by Crippen LogP contribution is 2.31. The van der Waals surface area contributed by atoms with Crippen LogP contribution in [0.1, 0.15) is 29.3 Å². The zero-order valence-corrected chi connectivity index (χ0v) is 17.6. The summed E-state index contributed by atoms with van der Waals surface area (Å²) in [6.07, 6.45) is -0.140. The van der Waals surface area contributed by atoms with Crippen LogP contribution in [0.25, 0.3) is 0 Å². The van der Waals surface area contributed by atoms with Crippen molar-refractivity contribution in [3.8, 4) is 5.75 Å². The normalized spacial score (nSPS) is 15.6. The monoisotopic (exact) mass is 425 g/mol. The van der Waals surface area contributed by atoms with E-state index in [1.54, 1.807) is 11.4 Å². The zero-order valence-electron chi connectivity index (χ0n) is 16.0. The van der Waals surface area contributed by atoms with Gasteiger partial charge in [-0.15, -0.1) is 11.3 Å². The van der Waals surface area contributed by atoms with Crippen molar-refractivity contribution in [2.45, 2.75) is 31.8 Å². The van der Waals surface area contributed by atoms with Crippen LogP contribution in [-0.4, -0.2) is 56.0 Å². The van der Waals surface area contributed by atoms with E-state index in [-0.39, 0.29) is 16.7 Å². The van der Waals surface area contributed by atoms with Gasteiger partial charge in [0.1, 0.15) is 11.4 Å². The average Bonchev–Trinajstić information content (AvgIpc) is 3.10. The summed E-state index contributed by atoms with van der Waals surface area (Å²) >= 11 is 1.37. The SMILES string of the molecule is Cc1nc(C(=O)Nc2cc(S(=O)(=O)N3CCOCC3)ccc2OC(C)C)cs1. The highest BCUT2D eigenvalue weighted by atomic mass is 32.2. The lowest BCUT2D eigenvalue weighted by molar-refractivity contribution is 0.0730. The van der Waals surface area contributed by atoms with Gasteiger partial charge in [0.2, 0.25) is 10.0 Å². The number of sulfonamides is 1. The number of carbonyl (C=O) groups excluding carboxylic acids is 1. The van der Waals surface area contributed by atoms with E-state index in [0.717, 1.165) is 5.01 Å². The van der Waals surface area contributed by atoms with E-state index in [0.29, 0.717) is 37.7 Å². The minimum absolute atomic E-state index is 0.0928. The van der Waals surface area contributed by atoms with Crippen LogP contribution in [0.2, 0.25) is 0 Å². The molecule has 28 heavy (non-hydrogen) atoms. The van der Waals surface area contributed by atoms with Crippen molar-refractivity contribution in [2.24, 2.45) is 0 Å². The number of aromatic nitrogens is 1. The molecule has 0 unspecified atom stereocenters. The van der Waals surface area contributed by atoms with E-state index >= 15 is 0 Å². The summed E-state index contributed by atoms with van der Waals surface area (Å²) in [5.41, 5.74) is 0.568. The molecular weight excluding hydrogens is 402 g/mol. The predicted octanol–water partition coefficient (Wildman–Crippen LogP) is 2.51. The van der Waals surface area contributed by atoms with E-state index in [1.165, 1.54) is 27.8 Å². The fraction of sp³-hybridized carbons (Fsp3) is 0.444. The third-order valence-electron chi connectivity index (χ3n) is 4.02. The summed E-state index contributed by atoms with van der Waals surface area (Å²) in [4.78, 5) is 16.8. The second kappa shape index (κ2) is 8.56. The van der Waals surface area contributed by atoms with Gasteiger partial charge in [-0.25, -0.2) is 13.4 Å². The molecule has 0 radical (unpaired) electrons. The molecule has 1 aliphatic rings. The Labute approximate surface area is 168 Å². The number of thiazole rings is 1. The number of morpholine rings is 1. The third kappa shape index (κ3) is 4.69. The number of nitrogens with one attached hydrogen (secondary N) is 1. The second-order valence-corrected chi connectivity index (χ2v) is 9.55. The average molecular weight is 426 g/mol. The minimum atomic E-state index is -3.69. The Balaban J connectivity index is 1.93. The molecule has 1 fully saturated rings. The third-order valence-corrected chi connectivity index (χ3v) is 6.69. The van der Waals surface area contributed by atoms with Gasteiger partial charge in [-0.05, 0) is 39.0 Å². The molecule has 10 heteroatoms. The number of hydrogen-bond acceptors (Lipinski definition) is 7. The summed E-state index contributed by atoms with van der Waals surface area (Å²) in [5, 5.41) is 5.16. The quantitative estimate of drug-likeness (QED) is 0.764. The van der Waals surface area contributed by atoms with Crippen molar-refractivity contribution >= 4 is 33.0 Å². The molecule has 0 spiro atoms. The zero-order chi connectivity index (χ0) is 20.3. The molecular formula is C18H23N3O5S2. The van der Waals surface area contributed by atoms with Crippen molar-refractivity contribution in [2.75, 3.05) is 31.6 Å². The molecule has 0 aliphatic carbocycles. The first-order chi connectivity index (χ1) is 13.3. The Morgan fingerprint density at radius 3 is 2.64 bits per heavy atom. The van der Waals surface area contributed by atoms with Crippen molar-refractivity contribution in [1.82, 2.24) is 9.29 Å². The van der Waals surface area contributed by atoms with Crippen molar-refractivity contribution in [3.63, 3.8) is 0 Å². The van der Waals surface area contributed by atoms with Crippen molar-refractivity contribution in [3.05, 3.63) is 34.3 Å². The van der Waals surface area contributed by atoms with Crippen LogP contribution >= 0.6 is 11.3 Å². The molecule has 1 aromatic carbocycles. The molecule has 152 valence electrons. The molecule has 8 nitrogen and oxygen atoms in total. The number of amides is 1. The molecule has 2 heterocycles. The molecule has 2 aromatic rings. The summed E-state index contributed by atoms with van der Waals surface area (Å²) < 4.78 is 38.2. The van der Waals surface area contributed by atoms with Crippen LogP contribution in [0.5, 0.6) is 5.75 Å². The van der Waals surface area contributed by atoms with E-state index in [1.807, 2.05) is 20.8 Å². The number of aryl methyl sites for hydroxylation is 1. The highest BCUT2D eigenvalue weighted by Gasteiger charge is 2.27. The van der Waals surface area contributed by atoms with Crippen LogP contribution < -0.4 is 10.1 Å². The number of ether oxygens (including phenoxy) is 2. The van der Waals surface area contributed by atoms with Crippen molar-refractivity contribution < 1.29 is 22.7 Å². The summed E-state index contributed by atoms with van der Waals surface area (Å²) in [5.74, 6) is -0.0184. The molecule has 0 bridgehead atoms. The molecule has 1 amide bonds. The number of anilines is 1. The van der Waals surface area contributed by atoms with E-state index < -0.39 is 15.9 Å². The lowest BCUT2D eigenvalue weighted by atomic mass is 10.2. The van der Waals surface area contributed by atoms with Crippen LogP contribution in [-0.2, 0) is 14.8 Å². The number of hydrogen-bond donors (Lipinski definition) is 1. The van der Waals surface area contributed by atoms with E-state index in [2.05, 4.69) is 10.3 Å². The molecule has 1 saturated heterocycles. The van der Waals surface area contributed by atoms with Crippen LogP contribution in [0.15, 0.2) is 28.5 Å². The Morgan fingerprint density at radius 1 is 1.32 bits per heavy atom. The molecule has 0 saturated carbocycles. The first-order valence-electron chi connectivity index (χ1n) is 8.89. The summed E-state index contributed by atoms with van der Waals surface area (Å²) in [7, 11) is -3.69. The van der Waals surface area contributed by atoms with Gasteiger partial charge in [0.05, 0.1) is 34.9 Å². The molecule has 3 rings (SSSR count). The number of nitrogens with zero attached hydrogens (tertiary/aromatic N) is 2. The molecule has 1 aromatic heterocycles. The molecule has 1 aliphatic heterocycles. The maximum Gasteiger partial charge on any atom is 0.275 e. The molecule has 0 atom stereocenters. The van der Waals surface area contributed by atoms with Crippen LogP contribution in [0, 0.1) is 6.92 Å². The number of benzene rings is 1. The topological polar surface area (TPSA) is 97.8 Å². The maximum absolute atomic E-state index is 12.9. The van der Waals surface area contributed by atoms with Gasteiger partial charge < -0.3 is 14.8 Å². The Morgan fingerprint density at radius 2 is 2.04 bits per heavy atom. The lowest BCUT2D eigenvalue weighted by Gasteiger charge is -2.26. The first kappa shape index (κ1) is 20.7. The first-order valence-corrected chi connectivity index (χ1v) is 11.2. The minimum Gasteiger partial charge on any atom is -0.489 e.